The predicted octanol–water partition coefficient (Wildman–Crippen LogP) is 5.76. The van der Waals surface area contributed by atoms with Crippen LogP contribution in [0.5, 0.6) is 0 Å². The number of nitrogens with zero attached hydrogens (tertiary/aromatic N) is 1. The van der Waals surface area contributed by atoms with Crippen LogP contribution >= 0.6 is 46.1 Å². The van der Waals surface area contributed by atoms with Crippen molar-refractivity contribution in [2.45, 2.75) is 25.9 Å². The summed E-state index contributed by atoms with van der Waals surface area (Å²) in [5, 5.41) is 4.13. The van der Waals surface area contributed by atoms with E-state index < -0.39 is 18.0 Å². The number of aromatic nitrogens is 1. The molecule has 28 heavy (non-hydrogen) atoms. The van der Waals surface area contributed by atoms with E-state index in [9.17, 15) is 9.59 Å². The number of esters is 1. The van der Waals surface area contributed by atoms with E-state index in [4.69, 9.17) is 39.5 Å². The Kier molecular flexibility index (Phi) is 6.78. The highest BCUT2D eigenvalue weighted by Crippen LogP contribution is 2.33. The van der Waals surface area contributed by atoms with Gasteiger partial charge in [0.15, 0.2) is 6.10 Å². The van der Waals surface area contributed by atoms with Gasteiger partial charge in [-0.15, -0.1) is 11.3 Å². The molecule has 1 amide bonds. The number of nitrogens with one attached hydrogen (secondary N) is 1. The van der Waals surface area contributed by atoms with Gasteiger partial charge in [0.25, 0.3) is 5.91 Å². The maximum atomic E-state index is 12.3. The Labute approximate surface area is 180 Å². The van der Waals surface area contributed by atoms with Gasteiger partial charge in [-0.05, 0) is 31.2 Å². The summed E-state index contributed by atoms with van der Waals surface area (Å²) in [6.45, 7) is 1.47. The van der Waals surface area contributed by atoms with Gasteiger partial charge in [-0.2, -0.15) is 0 Å². The number of hydrogen-bond acceptors (Lipinski definition) is 5. The molecule has 0 bridgehead atoms. The highest BCUT2D eigenvalue weighted by Gasteiger charge is 2.20. The number of aryl methyl sites for hydroxylation is 1. The summed E-state index contributed by atoms with van der Waals surface area (Å²) >= 11 is 19.5. The highest BCUT2D eigenvalue weighted by molar-refractivity contribution is 7.18. The summed E-state index contributed by atoms with van der Waals surface area (Å²) < 4.78 is 6.26. The number of anilines is 1. The first-order chi connectivity index (χ1) is 13.3. The summed E-state index contributed by atoms with van der Waals surface area (Å²) in [7, 11) is 0. The Morgan fingerprint density at radius 1 is 1.18 bits per heavy atom. The number of benzene rings is 2. The van der Waals surface area contributed by atoms with Crippen molar-refractivity contribution in [3.05, 3.63) is 56.5 Å². The van der Waals surface area contributed by atoms with Crippen molar-refractivity contribution in [2.75, 3.05) is 5.32 Å². The minimum absolute atomic E-state index is 0.125. The van der Waals surface area contributed by atoms with Gasteiger partial charge in [-0.3, -0.25) is 9.59 Å². The Morgan fingerprint density at radius 3 is 2.54 bits per heavy atom. The van der Waals surface area contributed by atoms with Crippen LogP contribution in [0.1, 0.15) is 18.4 Å². The van der Waals surface area contributed by atoms with E-state index in [-0.39, 0.29) is 22.2 Å². The molecule has 0 aliphatic carbocycles. The van der Waals surface area contributed by atoms with Crippen LogP contribution in [0.2, 0.25) is 15.1 Å². The van der Waals surface area contributed by atoms with Crippen LogP contribution < -0.4 is 5.32 Å². The molecule has 0 saturated carbocycles. The van der Waals surface area contributed by atoms with E-state index in [1.165, 1.54) is 30.4 Å². The van der Waals surface area contributed by atoms with Gasteiger partial charge < -0.3 is 10.1 Å². The molecule has 1 atom stereocenters. The number of thiazole rings is 1. The van der Waals surface area contributed by atoms with Crippen LogP contribution in [0.4, 0.5) is 5.69 Å². The average Bonchev–Trinajstić information content (AvgIpc) is 3.05. The van der Waals surface area contributed by atoms with Crippen molar-refractivity contribution >= 4 is 73.9 Å². The van der Waals surface area contributed by atoms with Crippen molar-refractivity contribution in [3.8, 4) is 0 Å². The third kappa shape index (κ3) is 5.14. The minimum Gasteiger partial charge on any atom is -0.453 e. The van der Waals surface area contributed by atoms with E-state index in [0.29, 0.717) is 11.4 Å². The molecule has 1 aromatic heterocycles. The maximum absolute atomic E-state index is 12.3. The smallest absolute Gasteiger partial charge is 0.306 e. The van der Waals surface area contributed by atoms with Crippen molar-refractivity contribution in [3.63, 3.8) is 0 Å². The lowest BCUT2D eigenvalue weighted by molar-refractivity contribution is -0.153. The number of fused-ring (bicyclic) bond motifs is 1. The summed E-state index contributed by atoms with van der Waals surface area (Å²) in [6, 6.07) is 10.7. The lowest BCUT2D eigenvalue weighted by atomic mass is 10.3. The number of carbonyl (C=O) groups excluding carboxylic acids is 2. The van der Waals surface area contributed by atoms with Crippen LogP contribution in [-0.2, 0) is 20.7 Å². The second-order valence-corrected chi connectivity index (χ2v) is 8.31. The molecule has 1 N–H and O–H groups in total. The normalized spacial score (nSPS) is 12.0. The monoisotopic (exact) mass is 456 g/mol. The minimum atomic E-state index is -1.01. The van der Waals surface area contributed by atoms with Crippen LogP contribution in [0.15, 0.2) is 36.4 Å². The first-order valence-corrected chi connectivity index (χ1v) is 10.3. The van der Waals surface area contributed by atoms with Gasteiger partial charge in [0.1, 0.15) is 0 Å². The third-order valence-corrected chi connectivity index (χ3v) is 5.72. The molecule has 0 saturated heterocycles. The summed E-state index contributed by atoms with van der Waals surface area (Å²) in [5.41, 5.74) is 1.12. The number of hydrogen-bond donors (Lipinski definition) is 1. The number of carbonyl (C=O) groups is 2. The lowest BCUT2D eigenvalue weighted by Crippen LogP contribution is -2.30. The van der Waals surface area contributed by atoms with Crippen molar-refractivity contribution in [1.29, 1.82) is 0 Å². The zero-order valence-corrected chi connectivity index (χ0v) is 17.8. The molecule has 146 valence electrons. The molecule has 1 heterocycles. The lowest BCUT2D eigenvalue weighted by Gasteiger charge is -2.15. The largest absolute Gasteiger partial charge is 0.453 e. The topological polar surface area (TPSA) is 68.3 Å². The average molecular weight is 458 g/mol. The number of para-hydroxylation sites is 1. The fourth-order valence-electron chi connectivity index (χ4n) is 2.43. The molecule has 9 heteroatoms. The van der Waals surface area contributed by atoms with Crippen LogP contribution in [0.25, 0.3) is 10.2 Å². The van der Waals surface area contributed by atoms with Gasteiger partial charge in [0.2, 0.25) is 0 Å². The van der Waals surface area contributed by atoms with Gasteiger partial charge in [0.05, 0.1) is 37.4 Å². The van der Waals surface area contributed by atoms with E-state index in [1.54, 1.807) is 0 Å². The molecular weight excluding hydrogens is 443 g/mol. The molecule has 0 fully saturated rings. The molecular formula is C19H15Cl3N2O3S. The quantitative estimate of drug-likeness (QED) is 0.478. The third-order valence-electron chi connectivity index (χ3n) is 3.81. The molecule has 2 aromatic carbocycles. The Bertz CT molecular complexity index is 982. The molecule has 0 aliphatic rings. The molecule has 0 spiro atoms. The van der Waals surface area contributed by atoms with Crippen molar-refractivity contribution in [2.24, 2.45) is 0 Å². The van der Waals surface area contributed by atoms with E-state index in [1.807, 2.05) is 24.3 Å². The second-order valence-electron chi connectivity index (χ2n) is 5.94. The Morgan fingerprint density at radius 2 is 1.86 bits per heavy atom. The zero-order chi connectivity index (χ0) is 20.3. The molecule has 0 aliphatic heterocycles. The second kappa shape index (κ2) is 9.09. The zero-order valence-electron chi connectivity index (χ0n) is 14.7. The SMILES string of the molecule is CC(OC(=O)CCc1nc2ccccc2s1)C(=O)Nc1c(Cl)cc(Cl)cc1Cl. The van der Waals surface area contributed by atoms with Crippen LogP contribution in [0.3, 0.4) is 0 Å². The molecule has 3 rings (SSSR count). The fourth-order valence-corrected chi connectivity index (χ4v) is 4.31. The standard InChI is InChI=1S/C19H15Cl3N2O3S/c1-10(19(26)24-18-12(21)8-11(20)9-13(18)22)27-17(25)7-6-16-23-14-4-2-3-5-15(14)28-16/h2-5,8-10H,6-7H2,1H3,(H,24,26). The summed E-state index contributed by atoms with van der Waals surface area (Å²) in [6.07, 6.45) is -0.438. The first-order valence-electron chi connectivity index (χ1n) is 8.33. The van der Waals surface area contributed by atoms with Gasteiger partial charge in [-0.1, -0.05) is 46.9 Å². The molecule has 5 nitrogen and oxygen atoms in total. The number of amides is 1. The van der Waals surface area contributed by atoms with E-state index >= 15 is 0 Å². The Hall–Kier alpha value is -1.86. The number of rotatable bonds is 6. The van der Waals surface area contributed by atoms with E-state index in [0.717, 1.165) is 15.2 Å². The number of halogens is 3. The molecule has 0 radical (unpaired) electrons. The van der Waals surface area contributed by atoms with Gasteiger partial charge >= 0.3 is 5.97 Å². The summed E-state index contributed by atoms with van der Waals surface area (Å²) in [4.78, 5) is 28.8. The first kappa shape index (κ1) is 20.9. The predicted molar refractivity (Wildman–Crippen MR) is 114 cm³/mol. The number of ether oxygens (including phenoxy) is 1. The highest BCUT2D eigenvalue weighted by atomic mass is 35.5. The van der Waals surface area contributed by atoms with Crippen LogP contribution in [0, 0.1) is 0 Å². The fraction of sp³-hybridized carbons (Fsp3) is 0.211. The summed E-state index contributed by atoms with van der Waals surface area (Å²) in [5.74, 6) is -1.03. The molecule has 3 aromatic rings. The van der Waals surface area contributed by atoms with Crippen LogP contribution in [-0.4, -0.2) is 23.0 Å². The Balaban J connectivity index is 1.54. The van der Waals surface area contributed by atoms with E-state index in [2.05, 4.69) is 10.3 Å². The van der Waals surface area contributed by atoms with Gasteiger partial charge in [-0.25, -0.2) is 4.98 Å². The molecule has 1 unspecified atom stereocenters. The maximum Gasteiger partial charge on any atom is 0.306 e. The van der Waals surface area contributed by atoms with Crippen molar-refractivity contribution < 1.29 is 14.3 Å². The van der Waals surface area contributed by atoms with Gasteiger partial charge in [0, 0.05) is 11.4 Å². The van der Waals surface area contributed by atoms with Crippen molar-refractivity contribution in [1.82, 2.24) is 4.98 Å².